The van der Waals surface area contributed by atoms with Crippen LogP contribution in [0, 0.1) is 11.6 Å². The summed E-state index contributed by atoms with van der Waals surface area (Å²) in [7, 11) is 1.24. The van der Waals surface area contributed by atoms with Crippen molar-refractivity contribution in [3.63, 3.8) is 0 Å². The van der Waals surface area contributed by atoms with Crippen molar-refractivity contribution >= 4 is 23.1 Å². The molecule has 4 aromatic rings. The molecular weight excluding hydrogens is 523 g/mol. The summed E-state index contributed by atoms with van der Waals surface area (Å²) < 4.78 is 75.1. The Morgan fingerprint density at radius 1 is 1.15 bits per heavy atom. The number of amides is 1. The average Bonchev–Trinajstić information content (AvgIpc) is 3.34. The number of benzene rings is 2. The lowest BCUT2D eigenvalue weighted by Crippen LogP contribution is -2.46. The third-order valence-corrected chi connectivity index (χ3v) is 6.12. The van der Waals surface area contributed by atoms with Crippen LogP contribution in [-0.2, 0) is 6.42 Å². The molecule has 2 heterocycles. The van der Waals surface area contributed by atoms with Gasteiger partial charge < -0.3 is 21.1 Å². The number of hydrogen-bond donors (Lipinski definition) is 3. The van der Waals surface area contributed by atoms with Crippen LogP contribution in [0.5, 0.6) is 5.75 Å². The Morgan fingerprint density at radius 3 is 2.59 bits per heavy atom. The zero-order valence-electron chi connectivity index (χ0n) is 20.9. The first-order chi connectivity index (χ1) is 18.6. The van der Waals surface area contributed by atoms with Crippen molar-refractivity contribution in [2.75, 3.05) is 19.0 Å². The van der Waals surface area contributed by atoms with E-state index in [2.05, 4.69) is 15.3 Å². The molecule has 2 aromatic carbocycles. The first-order valence-corrected chi connectivity index (χ1v) is 11.9. The number of nitrogens with one attached hydrogen (secondary N) is 2. The first-order valence-electron chi connectivity index (χ1n) is 11.9. The summed E-state index contributed by atoms with van der Waals surface area (Å²) in [5, 5.41) is 5.09. The van der Waals surface area contributed by atoms with Gasteiger partial charge in [0.1, 0.15) is 6.04 Å². The van der Waals surface area contributed by atoms with Crippen LogP contribution < -0.4 is 21.1 Å². The average molecular weight is 549 g/mol. The van der Waals surface area contributed by atoms with Crippen molar-refractivity contribution in [1.82, 2.24) is 19.7 Å². The molecule has 39 heavy (non-hydrogen) atoms. The molecule has 0 saturated heterocycles. The second-order valence-corrected chi connectivity index (χ2v) is 8.55. The summed E-state index contributed by atoms with van der Waals surface area (Å²) in [6.45, 7) is 1.53. The minimum absolute atomic E-state index is 0.0339. The Morgan fingerprint density at radius 2 is 1.92 bits per heavy atom. The number of aryl methyl sites for hydroxylation is 1. The Balaban J connectivity index is 1.63. The second-order valence-electron chi connectivity index (χ2n) is 8.55. The van der Waals surface area contributed by atoms with Crippen LogP contribution >= 0.6 is 0 Å². The maximum absolute atomic E-state index is 14.7. The van der Waals surface area contributed by atoms with Gasteiger partial charge >= 0.3 is 6.18 Å². The highest BCUT2D eigenvalue weighted by molar-refractivity contribution is 5.96. The lowest BCUT2D eigenvalue weighted by Gasteiger charge is -2.22. The summed E-state index contributed by atoms with van der Waals surface area (Å²) >= 11 is 0. The Bertz CT molecular complexity index is 1500. The highest BCUT2D eigenvalue weighted by Crippen LogP contribution is 2.32. The highest BCUT2D eigenvalue weighted by Gasteiger charge is 2.40. The van der Waals surface area contributed by atoms with Gasteiger partial charge in [-0.1, -0.05) is 6.92 Å². The predicted molar refractivity (Wildman–Crippen MR) is 135 cm³/mol. The third kappa shape index (κ3) is 5.62. The summed E-state index contributed by atoms with van der Waals surface area (Å²) in [6.07, 6.45) is -0.360. The lowest BCUT2D eigenvalue weighted by molar-refractivity contribution is -0.154. The Kier molecular flexibility index (Phi) is 8.00. The molecule has 0 fully saturated rings. The minimum atomic E-state index is -4.63. The normalized spacial score (nSPS) is 12.4. The van der Waals surface area contributed by atoms with Gasteiger partial charge in [0.05, 0.1) is 19.0 Å². The number of carbonyl (C=O) groups excluding carboxylic acids is 1. The smallest absolute Gasteiger partial charge is 0.408 e. The van der Waals surface area contributed by atoms with Gasteiger partial charge in [-0.3, -0.25) is 9.20 Å². The number of methoxy groups -OCH3 is 1. The molecule has 0 aliphatic rings. The molecule has 0 bridgehead atoms. The van der Waals surface area contributed by atoms with Gasteiger partial charge in [0.2, 0.25) is 5.82 Å². The van der Waals surface area contributed by atoms with Crippen molar-refractivity contribution in [3.05, 3.63) is 71.7 Å². The van der Waals surface area contributed by atoms with Gasteiger partial charge in [-0.15, -0.1) is 0 Å². The number of alkyl halides is 3. The number of ether oxygens (including phenoxy) is 1. The number of hydrogen-bond acceptors (Lipinski definition) is 6. The SMILES string of the molecule is CCc1cc(Nc2nccn3c(-c4ccc(OC)c(F)c4F)cnc23)ccc1C(=O)NC(CCN)C(F)(F)F. The maximum Gasteiger partial charge on any atom is 0.408 e. The number of carbonyl (C=O) groups is 1. The lowest BCUT2D eigenvalue weighted by atomic mass is 10.0. The molecule has 13 heteroatoms. The zero-order chi connectivity index (χ0) is 28.3. The van der Waals surface area contributed by atoms with Crippen molar-refractivity contribution < 1.29 is 31.5 Å². The van der Waals surface area contributed by atoms with E-state index in [0.29, 0.717) is 23.3 Å². The van der Waals surface area contributed by atoms with Gasteiger partial charge in [-0.05, 0) is 55.3 Å². The van der Waals surface area contributed by atoms with Crippen molar-refractivity contribution in [2.24, 2.45) is 5.73 Å². The van der Waals surface area contributed by atoms with E-state index in [1.807, 2.05) is 5.32 Å². The van der Waals surface area contributed by atoms with Crippen molar-refractivity contribution in [2.45, 2.75) is 32.0 Å². The number of halogens is 5. The largest absolute Gasteiger partial charge is 0.494 e. The van der Waals surface area contributed by atoms with E-state index >= 15 is 0 Å². The number of aromatic nitrogens is 3. The van der Waals surface area contributed by atoms with Crippen LogP contribution in [0.25, 0.3) is 16.9 Å². The van der Waals surface area contributed by atoms with Crippen molar-refractivity contribution in [1.29, 1.82) is 0 Å². The maximum atomic E-state index is 14.7. The molecule has 0 saturated carbocycles. The monoisotopic (exact) mass is 548 g/mol. The first kappa shape index (κ1) is 27.8. The number of imidazole rings is 1. The fourth-order valence-corrected chi connectivity index (χ4v) is 4.14. The second kappa shape index (κ2) is 11.2. The summed E-state index contributed by atoms with van der Waals surface area (Å²) in [4.78, 5) is 21.2. The number of fused-ring (bicyclic) bond motifs is 1. The standard InChI is InChI=1S/C26H25F5N6O2/c1-3-14-12-15(4-5-16(14)25(38)36-20(8-9-32)26(29,30)31)35-23-24-34-13-18(37(24)11-10-33-23)17-6-7-19(39-2)22(28)21(17)27/h4-7,10-13,20H,3,8-9,32H2,1-2H3,(H,33,35)(H,36,38). The number of rotatable bonds is 9. The molecule has 4 rings (SSSR count). The van der Waals surface area contributed by atoms with Crippen LogP contribution in [0.2, 0.25) is 0 Å². The van der Waals surface area contributed by atoms with Crippen LogP contribution in [0.4, 0.5) is 33.5 Å². The van der Waals surface area contributed by atoms with E-state index in [4.69, 9.17) is 10.5 Å². The number of nitrogens with zero attached hydrogens (tertiary/aromatic N) is 3. The van der Waals surface area contributed by atoms with Crippen molar-refractivity contribution in [3.8, 4) is 17.0 Å². The van der Waals surface area contributed by atoms with E-state index in [0.717, 1.165) is 0 Å². The van der Waals surface area contributed by atoms with Gasteiger partial charge in [-0.25, -0.2) is 14.4 Å². The molecular formula is C26H25F5N6O2. The highest BCUT2D eigenvalue weighted by atomic mass is 19.4. The van der Waals surface area contributed by atoms with Crippen LogP contribution in [0.1, 0.15) is 29.3 Å². The predicted octanol–water partition coefficient (Wildman–Crippen LogP) is 5.00. The van der Waals surface area contributed by atoms with E-state index in [9.17, 15) is 26.7 Å². The third-order valence-electron chi connectivity index (χ3n) is 6.12. The quantitative estimate of drug-likeness (QED) is 0.254. The Labute approximate surface area is 220 Å². The summed E-state index contributed by atoms with van der Waals surface area (Å²) in [5.74, 6) is -3.04. The van der Waals surface area contributed by atoms with Crippen LogP contribution in [0.15, 0.2) is 48.9 Å². The fraction of sp³-hybridized carbons (Fsp3) is 0.269. The Hall–Kier alpha value is -4.26. The topological polar surface area (TPSA) is 107 Å². The molecule has 8 nitrogen and oxygen atoms in total. The summed E-state index contributed by atoms with van der Waals surface area (Å²) in [5.41, 5.74) is 6.90. The van der Waals surface area contributed by atoms with Crippen LogP contribution in [-0.4, -0.2) is 46.1 Å². The zero-order valence-corrected chi connectivity index (χ0v) is 20.9. The number of anilines is 2. The van der Waals surface area contributed by atoms with E-state index in [1.54, 1.807) is 13.0 Å². The molecule has 0 aliphatic heterocycles. The van der Waals surface area contributed by atoms with E-state index in [-0.39, 0.29) is 34.9 Å². The van der Waals surface area contributed by atoms with Gasteiger partial charge in [-0.2, -0.15) is 17.6 Å². The minimum Gasteiger partial charge on any atom is -0.494 e. The molecule has 1 amide bonds. The molecule has 1 atom stereocenters. The van der Waals surface area contributed by atoms with E-state index < -0.39 is 36.2 Å². The molecule has 4 N–H and O–H groups in total. The molecule has 2 aromatic heterocycles. The molecule has 0 spiro atoms. The van der Waals surface area contributed by atoms with Gasteiger partial charge in [0.15, 0.2) is 23.0 Å². The van der Waals surface area contributed by atoms with Crippen LogP contribution in [0.3, 0.4) is 0 Å². The van der Waals surface area contributed by atoms with Gasteiger partial charge in [0, 0.05) is 29.2 Å². The molecule has 1 unspecified atom stereocenters. The number of nitrogens with two attached hydrogens (primary N) is 1. The van der Waals surface area contributed by atoms with E-state index in [1.165, 1.54) is 54.4 Å². The van der Waals surface area contributed by atoms with Gasteiger partial charge in [0.25, 0.3) is 5.91 Å². The fourth-order valence-electron chi connectivity index (χ4n) is 4.14. The molecule has 0 radical (unpaired) electrons. The molecule has 206 valence electrons. The molecule has 0 aliphatic carbocycles. The summed E-state index contributed by atoms with van der Waals surface area (Å²) in [6, 6.07) is 5.19.